The van der Waals surface area contributed by atoms with Crippen LogP contribution in [0.4, 0.5) is 11.6 Å². The number of aromatic nitrogens is 5. The molecule has 2 atom stereocenters. The van der Waals surface area contributed by atoms with Gasteiger partial charge in [-0.05, 0) is 86.0 Å². The number of rotatable bonds is 6. The number of aryl methyl sites for hydroxylation is 2. The van der Waals surface area contributed by atoms with Crippen molar-refractivity contribution in [3.8, 4) is 5.82 Å². The van der Waals surface area contributed by atoms with Crippen LogP contribution in [0.15, 0.2) is 47.9 Å². The van der Waals surface area contributed by atoms with Gasteiger partial charge in [0.05, 0.1) is 12.2 Å². The molecule has 2 aliphatic carbocycles. The second-order valence-corrected chi connectivity index (χ2v) is 12.4. The lowest BCUT2D eigenvalue weighted by Crippen LogP contribution is -2.44. The average molecular weight is 552 g/mol. The quantitative estimate of drug-likeness (QED) is 0.341. The third kappa shape index (κ3) is 4.05. The van der Waals surface area contributed by atoms with Crippen molar-refractivity contribution < 1.29 is 5.11 Å². The van der Waals surface area contributed by atoms with Gasteiger partial charge >= 0.3 is 0 Å². The molecule has 9 nitrogen and oxygen atoms in total. The molecule has 1 aliphatic heterocycles. The Morgan fingerprint density at radius 3 is 2.78 bits per heavy atom. The molecule has 4 heterocycles. The maximum Gasteiger partial charge on any atom is 0.278 e. The molecule has 0 unspecified atom stereocenters. The highest BCUT2D eigenvalue weighted by Crippen LogP contribution is 2.44. The van der Waals surface area contributed by atoms with Gasteiger partial charge in [-0.2, -0.15) is 4.98 Å². The van der Waals surface area contributed by atoms with Gasteiger partial charge in [0.25, 0.3) is 5.56 Å². The lowest BCUT2D eigenvalue weighted by molar-refractivity contribution is 0.0306. The van der Waals surface area contributed by atoms with Crippen LogP contribution in [0.5, 0.6) is 0 Å². The molecule has 3 aliphatic rings. The van der Waals surface area contributed by atoms with E-state index in [1.807, 2.05) is 19.1 Å². The summed E-state index contributed by atoms with van der Waals surface area (Å²) in [5, 5.41) is 15.1. The summed E-state index contributed by atoms with van der Waals surface area (Å²) < 4.78 is 3.31. The van der Waals surface area contributed by atoms with Crippen LogP contribution in [0.1, 0.15) is 67.5 Å². The molecule has 0 spiro atoms. The van der Waals surface area contributed by atoms with E-state index >= 15 is 0 Å². The molecule has 0 fully saturated rings. The molecule has 0 bridgehead atoms. The lowest BCUT2D eigenvalue weighted by Gasteiger charge is -2.45. The van der Waals surface area contributed by atoms with Crippen LogP contribution in [0.3, 0.4) is 0 Å². The monoisotopic (exact) mass is 551 g/mol. The van der Waals surface area contributed by atoms with E-state index in [1.165, 1.54) is 29.5 Å². The number of pyridine rings is 1. The second kappa shape index (κ2) is 9.36. The van der Waals surface area contributed by atoms with Crippen molar-refractivity contribution >= 4 is 22.7 Å². The topological polar surface area (TPSA) is 101 Å². The van der Waals surface area contributed by atoms with Crippen LogP contribution in [0.2, 0.25) is 0 Å². The molecule has 0 saturated carbocycles. The molecule has 7 rings (SSSR count). The number of hydrogen-bond acceptors (Lipinski definition) is 7. The predicted octanol–water partition coefficient (Wildman–Crippen LogP) is 4.49. The number of allylic oxidation sites excluding steroid dienone is 1. The van der Waals surface area contributed by atoms with Gasteiger partial charge in [-0.3, -0.25) is 4.79 Å². The van der Waals surface area contributed by atoms with Crippen molar-refractivity contribution in [2.45, 2.75) is 76.5 Å². The fraction of sp³-hybridized carbons (Fsp3) is 0.438. The van der Waals surface area contributed by atoms with Gasteiger partial charge in [0.2, 0.25) is 5.95 Å². The van der Waals surface area contributed by atoms with Gasteiger partial charge in [0.15, 0.2) is 11.5 Å². The standard InChI is InChI=1S/C32H37N7O2/c1-5-14-38-29(40)24-17-33-30(34-23-15-21-8-7-12-31(3)19-37(4)18-22(16-23)26(21)31)36-28(24)39(38)25-10-9-20-11-13-32(41,6-2)27(20)35-25/h5,9-10,15-17,41H,1,6-8,11-14,18-19H2,2-4H3,(H,33,34,36)/t31-,32-/m1/s1. The van der Waals surface area contributed by atoms with Crippen LogP contribution in [0, 0.1) is 0 Å². The minimum atomic E-state index is -0.962. The van der Waals surface area contributed by atoms with Crippen LogP contribution < -0.4 is 10.9 Å². The van der Waals surface area contributed by atoms with Crippen LogP contribution >= 0.6 is 0 Å². The molecule has 3 aromatic heterocycles. The zero-order valence-electron chi connectivity index (χ0n) is 24.1. The van der Waals surface area contributed by atoms with Gasteiger partial charge in [-0.15, -0.1) is 6.58 Å². The molecule has 9 heteroatoms. The maximum absolute atomic E-state index is 13.5. The summed E-state index contributed by atoms with van der Waals surface area (Å²) in [7, 11) is 2.20. The van der Waals surface area contributed by atoms with E-state index in [-0.39, 0.29) is 17.5 Å². The third-order valence-corrected chi connectivity index (χ3v) is 9.39. The Labute approximate surface area is 239 Å². The van der Waals surface area contributed by atoms with Crippen molar-refractivity contribution in [3.63, 3.8) is 0 Å². The Balaban J connectivity index is 1.33. The fourth-order valence-electron chi connectivity index (χ4n) is 7.57. The highest BCUT2D eigenvalue weighted by Gasteiger charge is 2.39. The maximum atomic E-state index is 13.5. The molecule has 0 radical (unpaired) electrons. The van der Waals surface area contributed by atoms with Crippen molar-refractivity contribution in [1.82, 2.24) is 29.2 Å². The summed E-state index contributed by atoms with van der Waals surface area (Å²) in [6.45, 7) is 10.5. The second-order valence-electron chi connectivity index (χ2n) is 12.4. The Morgan fingerprint density at radius 2 is 1.98 bits per heavy atom. The lowest BCUT2D eigenvalue weighted by atomic mass is 9.67. The molecular formula is C32H37N7O2. The van der Waals surface area contributed by atoms with Crippen LogP contribution in [0.25, 0.3) is 16.9 Å². The highest BCUT2D eigenvalue weighted by molar-refractivity contribution is 5.77. The van der Waals surface area contributed by atoms with Crippen molar-refractivity contribution in [2.75, 3.05) is 18.9 Å². The fourth-order valence-corrected chi connectivity index (χ4v) is 7.57. The van der Waals surface area contributed by atoms with E-state index in [0.717, 1.165) is 37.2 Å². The molecule has 0 saturated heterocycles. The summed E-state index contributed by atoms with van der Waals surface area (Å²) in [5.74, 6) is 0.958. The van der Waals surface area contributed by atoms with E-state index in [1.54, 1.807) is 21.6 Å². The first-order chi connectivity index (χ1) is 19.7. The first-order valence-electron chi connectivity index (χ1n) is 14.7. The van der Waals surface area contributed by atoms with Gasteiger partial charge in [0.1, 0.15) is 11.0 Å². The normalized spacial score (nSPS) is 23.4. The number of aliphatic hydroxyl groups is 1. The molecule has 0 amide bonds. The van der Waals surface area contributed by atoms with E-state index in [0.29, 0.717) is 41.3 Å². The Hall–Kier alpha value is -3.82. The number of nitrogens with zero attached hydrogens (tertiary/aromatic N) is 6. The summed E-state index contributed by atoms with van der Waals surface area (Å²) in [6.07, 6.45) is 8.77. The van der Waals surface area contributed by atoms with Crippen molar-refractivity contribution in [2.24, 2.45) is 0 Å². The van der Waals surface area contributed by atoms with E-state index < -0.39 is 5.60 Å². The zero-order chi connectivity index (χ0) is 28.5. The average Bonchev–Trinajstić information content (AvgIpc) is 3.42. The number of hydrogen-bond donors (Lipinski definition) is 2. The number of benzene rings is 1. The van der Waals surface area contributed by atoms with E-state index in [4.69, 9.17) is 9.97 Å². The molecule has 1 aromatic carbocycles. The van der Waals surface area contributed by atoms with Crippen molar-refractivity contribution in [3.05, 3.63) is 81.4 Å². The van der Waals surface area contributed by atoms with Gasteiger partial charge in [-0.25, -0.2) is 19.3 Å². The third-order valence-electron chi connectivity index (χ3n) is 9.39. The summed E-state index contributed by atoms with van der Waals surface area (Å²) in [6, 6.07) is 8.38. The van der Waals surface area contributed by atoms with E-state index in [2.05, 4.69) is 47.9 Å². The smallest absolute Gasteiger partial charge is 0.278 e. The molecule has 212 valence electrons. The molecule has 4 aromatic rings. The minimum Gasteiger partial charge on any atom is -0.384 e. The van der Waals surface area contributed by atoms with Crippen LogP contribution in [-0.2, 0) is 36.9 Å². The van der Waals surface area contributed by atoms with Gasteiger partial charge in [0, 0.05) is 30.4 Å². The largest absolute Gasteiger partial charge is 0.384 e. The van der Waals surface area contributed by atoms with Crippen LogP contribution in [-0.4, -0.2) is 47.9 Å². The number of anilines is 2. The Bertz CT molecular complexity index is 1770. The predicted molar refractivity (Wildman–Crippen MR) is 160 cm³/mol. The summed E-state index contributed by atoms with van der Waals surface area (Å²) >= 11 is 0. The number of fused-ring (bicyclic) bond motifs is 2. The summed E-state index contributed by atoms with van der Waals surface area (Å²) in [4.78, 5) is 30.2. The first-order valence-corrected chi connectivity index (χ1v) is 14.7. The van der Waals surface area contributed by atoms with Gasteiger partial charge < -0.3 is 15.3 Å². The van der Waals surface area contributed by atoms with Crippen molar-refractivity contribution in [1.29, 1.82) is 0 Å². The first kappa shape index (κ1) is 26.1. The molecular weight excluding hydrogens is 514 g/mol. The highest BCUT2D eigenvalue weighted by atomic mass is 16.3. The Morgan fingerprint density at radius 1 is 1.15 bits per heavy atom. The SMILES string of the molecule is C=CCn1c(=O)c2cnc(Nc3cc4c5c(c3)CN(C)C[C@@]5(C)CCC4)nc2n1-c1ccc2c(n1)[C@@](O)(CC)CC2. The van der Waals surface area contributed by atoms with E-state index in [9.17, 15) is 9.90 Å². The van der Waals surface area contributed by atoms with Gasteiger partial charge in [-0.1, -0.05) is 26.0 Å². The Kier molecular flexibility index (Phi) is 5.96. The molecule has 2 N–H and O–H groups in total. The molecule has 41 heavy (non-hydrogen) atoms. The number of likely N-dealkylation sites (N-methyl/N-ethyl adjacent to an activating group) is 1. The zero-order valence-corrected chi connectivity index (χ0v) is 24.1. The number of nitrogens with one attached hydrogen (secondary N) is 1. The minimum absolute atomic E-state index is 0.195. The summed E-state index contributed by atoms with van der Waals surface area (Å²) in [5.41, 5.74) is 6.47.